The molecular weight excluding hydrogens is 122 g/mol. The molecule has 1 aliphatic rings. The maximum atomic E-state index is 2.42. The molecule has 0 unspecified atom stereocenters. The molecule has 0 atom stereocenters. The van der Waals surface area contributed by atoms with E-state index in [4.69, 9.17) is 0 Å². The van der Waals surface area contributed by atoms with E-state index in [1.807, 2.05) is 0 Å². The molecule has 0 bridgehead atoms. The Hall–Kier alpha value is -0.460. The van der Waals surface area contributed by atoms with Crippen molar-refractivity contribution in [2.45, 2.75) is 32.6 Å². The van der Waals surface area contributed by atoms with Crippen molar-refractivity contribution in [3.63, 3.8) is 0 Å². The minimum absolute atomic E-state index is 1.16. The molecule has 1 fully saturated rings. The fourth-order valence-electron chi connectivity index (χ4n) is 1.32. The van der Waals surface area contributed by atoms with Gasteiger partial charge in [0.2, 0.25) is 0 Å². The lowest BCUT2D eigenvalue weighted by atomic mass is 10.1. The van der Waals surface area contributed by atoms with Gasteiger partial charge in [0, 0.05) is 13.1 Å². The highest BCUT2D eigenvalue weighted by atomic mass is 15.1. The maximum absolute atomic E-state index is 2.42. The largest absolute Gasteiger partial charge is 0.378 e. The Morgan fingerprint density at radius 3 is 2.50 bits per heavy atom. The van der Waals surface area contributed by atoms with Crippen LogP contribution in [0.5, 0.6) is 0 Å². The normalized spacial score (nSPS) is 20.3. The van der Waals surface area contributed by atoms with Crippen LogP contribution in [0, 0.1) is 0 Å². The van der Waals surface area contributed by atoms with E-state index in [1.54, 1.807) is 0 Å². The Morgan fingerprint density at radius 1 is 1.20 bits per heavy atom. The number of piperidine rings is 1. The van der Waals surface area contributed by atoms with E-state index in [0.717, 1.165) is 6.42 Å². The average molecular weight is 139 g/mol. The molecule has 0 aromatic carbocycles. The number of nitrogens with zero attached hydrogens (tertiary/aromatic N) is 1. The van der Waals surface area contributed by atoms with Crippen LogP contribution in [-0.4, -0.2) is 18.0 Å². The smallest absolute Gasteiger partial charge is 0.0172 e. The fraction of sp³-hybridized carbons (Fsp3) is 0.778. The van der Waals surface area contributed by atoms with Crippen molar-refractivity contribution in [1.82, 2.24) is 4.90 Å². The second-order valence-corrected chi connectivity index (χ2v) is 2.89. The third-order valence-electron chi connectivity index (χ3n) is 1.94. The first kappa shape index (κ1) is 7.64. The van der Waals surface area contributed by atoms with Crippen LogP contribution in [0.15, 0.2) is 12.3 Å². The van der Waals surface area contributed by atoms with Gasteiger partial charge >= 0.3 is 0 Å². The van der Waals surface area contributed by atoms with Gasteiger partial charge in [-0.2, -0.15) is 0 Å². The number of hydrogen-bond acceptors (Lipinski definition) is 1. The Kier molecular flexibility index (Phi) is 3.34. The first-order valence-corrected chi connectivity index (χ1v) is 4.34. The minimum atomic E-state index is 1.16. The van der Waals surface area contributed by atoms with Crippen LogP contribution in [-0.2, 0) is 0 Å². The van der Waals surface area contributed by atoms with Crippen molar-refractivity contribution in [3.05, 3.63) is 12.3 Å². The van der Waals surface area contributed by atoms with E-state index < -0.39 is 0 Å². The van der Waals surface area contributed by atoms with E-state index in [0.29, 0.717) is 0 Å². The first-order valence-electron chi connectivity index (χ1n) is 4.34. The lowest BCUT2D eigenvalue weighted by Gasteiger charge is -2.24. The minimum Gasteiger partial charge on any atom is -0.378 e. The standard InChI is InChI=1S/C9H17N/c1-2-3-7-10-8-5-4-6-9-10/h3,7H,2,4-6,8-9H2,1H3. The summed E-state index contributed by atoms with van der Waals surface area (Å²) < 4.78 is 0. The van der Waals surface area contributed by atoms with Gasteiger partial charge in [-0.05, 0) is 31.9 Å². The molecule has 1 heteroatoms. The zero-order valence-corrected chi connectivity index (χ0v) is 6.84. The van der Waals surface area contributed by atoms with Crippen LogP contribution >= 0.6 is 0 Å². The summed E-state index contributed by atoms with van der Waals surface area (Å²) in [6.45, 7) is 4.73. The number of allylic oxidation sites excluding steroid dienone is 1. The first-order chi connectivity index (χ1) is 4.93. The summed E-state index contributed by atoms with van der Waals surface area (Å²) >= 11 is 0. The number of likely N-dealkylation sites (tertiary alicyclic amines) is 1. The van der Waals surface area contributed by atoms with Gasteiger partial charge in [0.1, 0.15) is 0 Å². The Balaban J connectivity index is 2.19. The maximum Gasteiger partial charge on any atom is 0.0172 e. The van der Waals surface area contributed by atoms with Gasteiger partial charge in [0.15, 0.2) is 0 Å². The van der Waals surface area contributed by atoms with Gasteiger partial charge in [-0.15, -0.1) is 0 Å². The van der Waals surface area contributed by atoms with Crippen LogP contribution in [0.25, 0.3) is 0 Å². The molecule has 0 N–H and O–H groups in total. The number of rotatable bonds is 2. The number of hydrogen-bond donors (Lipinski definition) is 0. The molecule has 0 spiro atoms. The molecule has 58 valence electrons. The van der Waals surface area contributed by atoms with Crippen molar-refractivity contribution in [3.8, 4) is 0 Å². The van der Waals surface area contributed by atoms with Crippen LogP contribution in [0.1, 0.15) is 32.6 Å². The van der Waals surface area contributed by atoms with E-state index >= 15 is 0 Å². The SMILES string of the molecule is CCC=CN1CCCCC1. The molecule has 1 heterocycles. The lowest BCUT2D eigenvalue weighted by Crippen LogP contribution is -2.23. The van der Waals surface area contributed by atoms with Gasteiger partial charge in [-0.1, -0.05) is 13.0 Å². The molecule has 0 aliphatic carbocycles. The molecule has 0 aromatic rings. The lowest BCUT2D eigenvalue weighted by molar-refractivity contribution is 0.309. The van der Waals surface area contributed by atoms with Gasteiger partial charge in [0.25, 0.3) is 0 Å². The zero-order chi connectivity index (χ0) is 7.23. The van der Waals surface area contributed by atoms with Crippen LogP contribution in [0.3, 0.4) is 0 Å². The van der Waals surface area contributed by atoms with Crippen molar-refractivity contribution in [2.75, 3.05) is 13.1 Å². The highest BCUT2D eigenvalue weighted by Crippen LogP contribution is 2.08. The van der Waals surface area contributed by atoms with Gasteiger partial charge in [-0.25, -0.2) is 0 Å². The molecule has 10 heavy (non-hydrogen) atoms. The zero-order valence-electron chi connectivity index (χ0n) is 6.84. The molecule has 0 aromatic heterocycles. The third-order valence-corrected chi connectivity index (χ3v) is 1.94. The van der Waals surface area contributed by atoms with Crippen molar-refractivity contribution < 1.29 is 0 Å². The Bertz CT molecular complexity index is 101. The average Bonchev–Trinajstić information content (AvgIpc) is 2.03. The molecule has 0 saturated carbocycles. The predicted molar refractivity (Wildman–Crippen MR) is 44.9 cm³/mol. The molecule has 0 radical (unpaired) electrons. The van der Waals surface area contributed by atoms with Crippen LogP contribution < -0.4 is 0 Å². The summed E-state index contributed by atoms with van der Waals surface area (Å²) in [5, 5.41) is 0. The van der Waals surface area contributed by atoms with Crippen molar-refractivity contribution in [1.29, 1.82) is 0 Å². The predicted octanol–water partition coefficient (Wildman–Crippen LogP) is 2.40. The quantitative estimate of drug-likeness (QED) is 0.568. The summed E-state index contributed by atoms with van der Waals surface area (Å²) in [7, 11) is 0. The summed E-state index contributed by atoms with van der Waals surface area (Å²) in [5.41, 5.74) is 0. The van der Waals surface area contributed by atoms with E-state index in [9.17, 15) is 0 Å². The van der Waals surface area contributed by atoms with E-state index in [1.165, 1.54) is 32.4 Å². The summed E-state index contributed by atoms with van der Waals surface area (Å²) in [5.74, 6) is 0. The second-order valence-electron chi connectivity index (χ2n) is 2.89. The molecule has 1 nitrogen and oxygen atoms in total. The monoisotopic (exact) mass is 139 g/mol. The Morgan fingerprint density at radius 2 is 1.90 bits per heavy atom. The van der Waals surface area contributed by atoms with Gasteiger partial charge < -0.3 is 4.90 Å². The molecule has 1 saturated heterocycles. The summed E-state index contributed by atoms with van der Waals surface area (Å²) in [6.07, 6.45) is 9.85. The van der Waals surface area contributed by atoms with Crippen LogP contribution in [0.2, 0.25) is 0 Å². The van der Waals surface area contributed by atoms with Crippen LogP contribution in [0.4, 0.5) is 0 Å². The van der Waals surface area contributed by atoms with Gasteiger partial charge in [-0.3, -0.25) is 0 Å². The topological polar surface area (TPSA) is 3.24 Å². The molecule has 1 rings (SSSR count). The third kappa shape index (κ3) is 2.42. The van der Waals surface area contributed by atoms with Crippen molar-refractivity contribution >= 4 is 0 Å². The van der Waals surface area contributed by atoms with Crippen molar-refractivity contribution in [2.24, 2.45) is 0 Å². The van der Waals surface area contributed by atoms with E-state index in [-0.39, 0.29) is 0 Å². The summed E-state index contributed by atoms with van der Waals surface area (Å²) in [6, 6.07) is 0. The fourth-order valence-corrected chi connectivity index (χ4v) is 1.32. The second kappa shape index (κ2) is 4.37. The molecule has 0 amide bonds. The highest BCUT2D eigenvalue weighted by Gasteiger charge is 2.03. The van der Waals surface area contributed by atoms with E-state index in [2.05, 4.69) is 24.1 Å². The van der Waals surface area contributed by atoms with Gasteiger partial charge in [0.05, 0.1) is 0 Å². The Labute approximate surface area is 63.7 Å². The summed E-state index contributed by atoms with van der Waals surface area (Å²) in [4.78, 5) is 2.42. The highest BCUT2D eigenvalue weighted by molar-refractivity contribution is 4.82. The molecule has 1 aliphatic heterocycles. The molecular formula is C9H17N.